The number of allylic oxidation sites excluding steroid dienone is 24. The first-order chi connectivity index (χ1) is 33.9. The number of Topliss-reactive ketones (excluding diaryl/α,β-unsaturated/α-hetero) is 2. The Morgan fingerprint density at radius 2 is 0.594 bits per heavy atom. The predicted octanol–water partition coefficient (Wildman–Crippen LogP) is 17.2. The second-order valence-corrected chi connectivity index (χ2v) is 17.7. The van der Waals surface area contributed by atoms with Crippen molar-refractivity contribution in [2.75, 3.05) is 6.61 Å². The lowest BCUT2D eigenvalue weighted by atomic mass is 9.82. The number of esters is 1. The van der Waals surface area contributed by atoms with Crippen molar-refractivity contribution in [1.82, 2.24) is 0 Å². The fourth-order valence-corrected chi connectivity index (χ4v) is 7.25. The zero-order valence-electron chi connectivity index (χ0n) is 43.9. The van der Waals surface area contributed by atoms with Crippen molar-refractivity contribution in [3.8, 4) is 0 Å². The number of carbonyl (C=O) groups is 3. The minimum atomic E-state index is -2.44. The molecule has 0 amide bonds. The average Bonchev–Trinajstić information content (AvgIpc) is 3.35. The zero-order chi connectivity index (χ0) is 50.4. The molecule has 0 radical (unpaired) electrons. The molecule has 0 spiro atoms. The van der Waals surface area contributed by atoms with Gasteiger partial charge in [-0.05, 0) is 135 Å². The van der Waals surface area contributed by atoms with E-state index in [9.17, 15) is 24.6 Å². The topological polar surface area (TPSA) is 101 Å². The number of carbonyl (C=O) groups excluding carboxylic acids is 3. The smallest absolute Gasteiger partial charge is 0.307 e. The van der Waals surface area contributed by atoms with Gasteiger partial charge in [0.2, 0.25) is 0 Å². The van der Waals surface area contributed by atoms with Gasteiger partial charge in [0.25, 0.3) is 5.60 Å². The lowest BCUT2D eigenvalue weighted by Crippen LogP contribution is -2.60. The van der Waals surface area contributed by atoms with Gasteiger partial charge in [0.1, 0.15) is 6.10 Å². The normalized spacial score (nSPS) is 14.3. The summed E-state index contributed by atoms with van der Waals surface area (Å²) >= 11 is 0. The van der Waals surface area contributed by atoms with E-state index >= 15 is 0 Å². The van der Waals surface area contributed by atoms with Crippen LogP contribution in [0.5, 0.6) is 0 Å². The molecule has 0 fully saturated rings. The van der Waals surface area contributed by atoms with Crippen molar-refractivity contribution in [2.24, 2.45) is 0 Å². The van der Waals surface area contributed by atoms with E-state index in [1.54, 1.807) is 0 Å². The molecule has 6 heteroatoms. The highest BCUT2D eigenvalue weighted by Gasteiger charge is 2.53. The number of unbranched alkanes of at least 4 members (excludes halogenated alkanes) is 12. The molecule has 0 rings (SSSR count). The van der Waals surface area contributed by atoms with Crippen LogP contribution in [0.3, 0.4) is 0 Å². The second kappa shape index (κ2) is 51.5. The number of ketones is 2. The molecule has 386 valence electrons. The Kier molecular flexibility index (Phi) is 48.2. The molecule has 0 saturated heterocycles. The summed E-state index contributed by atoms with van der Waals surface area (Å²) in [5.41, 5.74) is -2.44. The van der Waals surface area contributed by atoms with Crippen molar-refractivity contribution in [3.63, 3.8) is 0 Å². The van der Waals surface area contributed by atoms with Gasteiger partial charge in [-0.1, -0.05) is 205 Å². The van der Waals surface area contributed by atoms with Crippen LogP contribution in [-0.4, -0.2) is 46.1 Å². The van der Waals surface area contributed by atoms with Crippen LogP contribution >= 0.6 is 0 Å². The van der Waals surface area contributed by atoms with Crippen LogP contribution in [0.2, 0.25) is 0 Å². The Hall–Kier alpha value is -4.39. The first-order valence-corrected chi connectivity index (χ1v) is 27.3. The third kappa shape index (κ3) is 40.1. The number of ether oxygens (including phenoxy) is 1. The molecule has 1 unspecified atom stereocenters. The van der Waals surface area contributed by atoms with E-state index in [2.05, 4.69) is 136 Å². The highest BCUT2D eigenvalue weighted by atomic mass is 16.6. The fourth-order valence-electron chi connectivity index (χ4n) is 7.25. The van der Waals surface area contributed by atoms with Crippen molar-refractivity contribution < 1.29 is 29.3 Å². The quantitative estimate of drug-likeness (QED) is 0.0273. The SMILES string of the molecule is CCCCCC=CCC=CCC=CCC=CCCCC(=O)OC(C(=O)CCCC=CCC=CCC=CCC=CCCCCC)(C(=O)CCCC=CCC=CCC=CCC=CCCCCC)C(O)CO. The number of aliphatic hydroxyl groups is 2. The summed E-state index contributed by atoms with van der Waals surface area (Å²) in [6, 6.07) is 0. The molecular formula is C63H98O6. The molecule has 0 heterocycles. The number of aliphatic hydroxyl groups excluding tert-OH is 2. The van der Waals surface area contributed by atoms with Gasteiger partial charge in [0.15, 0.2) is 11.6 Å². The van der Waals surface area contributed by atoms with Crippen molar-refractivity contribution >= 4 is 17.5 Å². The van der Waals surface area contributed by atoms with Crippen molar-refractivity contribution in [2.45, 2.75) is 225 Å². The average molecular weight is 951 g/mol. The van der Waals surface area contributed by atoms with Crippen LogP contribution in [0.25, 0.3) is 0 Å². The van der Waals surface area contributed by atoms with Gasteiger partial charge in [0.05, 0.1) is 6.61 Å². The van der Waals surface area contributed by atoms with E-state index in [0.717, 1.165) is 77.0 Å². The van der Waals surface area contributed by atoms with Gasteiger partial charge in [-0.3, -0.25) is 14.4 Å². The summed E-state index contributed by atoms with van der Waals surface area (Å²) in [6.07, 6.45) is 75.1. The lowest BCUT2D eigenvalue weighted by Gasteiger charge is -2.34. The van der Waals surface area contributed by atoms with Gasteiger partial charge in [-0.2, -0.15) is 0 Å². The van der Waals surface area contributed by atoms with Crippen molar-refractivity contribution in [1.29, 1.82) is 0 Å². The molecule has 1 atom stereocenters. The summed E-state index contributed by atoms with van der Waals surface area (Å²) in [7, 11) is 0. The lowest BCUT2D eigenvalue weighted by molar-refractivity contribution is -0.188. The molecule has 0 aliphatic rings. The maximum absolute atomic E-state index is 13.9. The first kappa shape index (κ1) is 64.6. The molecule has 0 bridgehead atoms. The predicted molar refractivity (Wildman–Crippen MR) is 297 cm³/mol. The number of rotatable bonds is 47. The third-order valence-electron chi connectivity index (χ3n) is 11.4. The molecule has 2 N–H and O–H groups in total. The van der Waals surface area contributed by atoms with Gasteiger partial charge in [0, 0.05) is 19.3 Å². The molecule has 0 aromatic heterocycles. The highest BCUT2D eigenvalue weighted by molar-refractivity contribution is 6.12. The Labute approximate surface area is 422 Å². The molecule has 0 saturated carbocycles. The zero-order valence-corrected chi connectivity index (χ0v) is 43.9. The Morgan fingerprint density at radius 1 is 0.362 bits per heavy atom. The molecule has 69 heavy (non-hydrogen) atoms. The summed E-state index contributed by atoms with van der Waals surface area (Å²) < 4.78 is 5.74. The van der Waals surface area contributed by atoms with Crippen LogP contribution < -0.4 is 0 Å². The van der Waals surface area contributed by atoms with E-state index in [1.807, 2.05) is 30.4 Å². The standard InChI is InChI=1S/C63H98O6/c1-4-7-10-13-16-19-22-25-28-31-34-37-40-43-46-49-52-55-59(65)63(61(67)58-64,60(66)56-53-50-47-44-41-38-35-32-29-26-23-20-17-14-11-8-5-2)69-62(68)57-54-51-48-45-42-39-36-33-30-27-24-21-18-15-12-9-6-3/h16-21,25-30,34-39,43-48,61,64,67H,4-15,22-24,31-33,40-42,49-58H2,1-3H3. The first-order valence-electron chi connectivity index (χ1n) is 27.3. The Morgan fingerprint density at radius 3 is 0.841 bits per heavy atom. The third-order valence-corrected chi connectivity index (χ3v) is 11.4. The van der Waals surface area contributed by atoms with Gasteiger partial charge >= 0.3 is 5.97 Å². The van der Waals surface area contributed by atoms with Crippen LogP contribution in [0, 0.1) is 0 Å². The second-order valence-electron chi connectivity index (χ2n) is 17.7. The molecule has 6 nitrogen and oxygen atoms in total. The Balaban J connectivity index is 5.27. The van der Waals surface area contributed by atoms with E-state index in [-0.39, 0.29) is 19.3 Å². The van der Waals surface area contributed by atoms with E-state index in [0.29, 0.717) is 38.5 Å². The van der Waals surface area contributed by atoms with Crippen LogP contribution in [0.15, 0.2) is 146 Å². The van der Waals surface area contributed by atoms with E-state index in [1.165, 1.54) is 57.8 Å². The summed E-state index contributed by atoms with van der Waals surface area (Å²) in [6.45, 7) is 5.78. The van der Waals surface area contributed by atoms with Crippen LogP contribution in [0.4, 0.5) is 0 Å². The number of hydrogen-bond acceptors (Lipinski definition) is 6. The molecule has 0 aromatic rings. The Bertz CT molecular complexity index is 1530. The van der Waals surface area contributed by atoms with Crippen molar-refractivity contribution in [3.05, 3.63) is 146 Å². The van der Waals surface area contributed by atoms with Gasteiger partial charge in [-0.25, -0.2) is 0 Å². The summed E-state index contributed by atoms with van der Waals surface area (Å²) in [5, 5.41) is 21.3. The van der Waals surface area contributed by atoms with Gasteiger partial charge in [-0.15, -0.1) is 0 Å². The molecule has 0 aromatic carbocycles. The highest BCUT2D eigenvalue weighted by Crippen LogP contribution is 2.27. The summed E-state index contributed by atoms with van der Waals surface area (Å²) in [5.74, 6) is -2.08. The maximum atomic E-state index is 13.9. The van der Waals surface area contributed by atoms with Gasteiger partial charge < -0.3 is 14.9 Å². The van der Waals surface area contributed by atoms with E-state index in [4.69, 9.17) is 4.74 Å². The minimum absolute atomic E-state index is 0.0249. The van der Waals surface area contributed by atoms with Crippen LogP contribution in [-0.2, 0) is 19.1 Å². The summed E-state index contributed by atoms with van der Waals surface area (Å²) in [4.78, 5) is 41.2. The number of hydrogen-bond donors (Lipinski definition) is 2. The fraction of sp³-hybridized carbons (Fsp3) is 0.571. The maximum Gasteiger partial charge on any atom is 0.307 e. The monoisotopic (exact) mass is 951 g/mol. The molecule has 0 aliphatic carbocycles. The molecular weight excluding hydrogens is 853 g/mol. The molecule has 0 aliphatic heterocycles. The van der Waals surface area contributed by atoms with E-state index < -0.39 is 35.8 Å². The minimum Gasteiger partial charge on any atom is -0.440 e. The van der Waals surface area contributed by atoms with Crippen LogP contribution in [0.1, 0.15) is 213 Å². The largest absolute Gasteiger partial charge is 0.440 e.